The van der Waals surface area contributed by atoms with Crippen LogP contribution in [0.1, 0.15) is 47.3 Å². The van der Waals surface area contributed by atoms with E-state index in [1.165, 1.54) is 0 Å². The van der Waals surface area contributed by atoms with Crippen LogP contribution in [0, 0.1) is 0 Å². The van der Waals surface area contributed by atoms with E-state index < -0.39 is 0 Å². The monoisotopic (exact) mass is 381 g/mol. The Bertz CT molecular complexity index is 780. The first-order valence-electron chi connectivity index (χ1n) is 10.1. The molecule has 1 aliphatic carbocycles. The van der Waals surface area contributed by atoms with E-state index in [2.05, 4.69) is 22.2 Å². The second kappa shape index (κ2) is 9.66. The highest BCUT2D eigenvalue weighted by atomic mass is 16.1. The summed E-state index contributed by atoms with van der Waals surface area (Å²) in [6, 6.07) is 11.6. The molecule has 0 bridgehead atoms. The Kier molecular flexibility index (Phi) is 7.01. The fourth-order valence-corrected chi connectivity index (χ4v) is 3.69. The first-order valence-corrected chi connectivity index (χ1v) is 10.1. The molecule has 0 saturated heterocycles. The van der Waals surface area contributed by atoms with Crippen LogP contribution in [-0.4, -0.2) is 41.5 Å². The molecule has 1 aromatic carbocycles. The number of nitrogens with zero attached hydrogens (tertiary/aromatic N) is 2. The lowest BCUT2D eigenvalue weighted by Gasteiger charge is -2.29. The lowest BCUT2D eigenvalue weighted by molar-refractivity contribution is 0.0921. The van der Waals surface area contributed by atoms with E-state index in [1.54, 1.807) is 6.07 Å². The smallest absolute Gasteiger partial charge is 0.251 e. The second-order valence-electron chi connectivity index (χ2n) is 7.75. The number of anilines is 1. The predicted octanol–water partition coefficient (Wildman–Crippen LogP) is 2.34. The summed E-state index contributed by atoms with van der Waals surface area (Å²) in [4.78, 5) is 19.1. The number of aromatic nitrogens is 1. The summed E-state index contributed by atoms with van der Waals surface area (Å²) in [5.74, 6) is -0.0934. The van der Waals surface area contributed by atoms with Gasteiger partial charge < -0.3 is 21.7 Å². The summed E-state index contributed by atoms with van der Waals surface area (Å²) in [7, 11) is 2.06. The van der Waals surface area contributed by atoms with E-state index in [4.69, 9.17) is 11.5 Å². The Balaban J connectivity index is 1.54. The first-order chi connectivity index (χ1) is 13.5. The van der Waals surface area contributed by atoms with Crippen LogP contribution in [0.2, 0.25) is 0 Å². The minimum absolute atomic E-state index is 0.0436. The van der Waals surface area contributed by atoms with E-state index in [0.29, 0.717) is 11.3 Å². The van der Waals surface area contributed by atoms with Gasteiger partial charge in [0, 0.05) is 54.7 Å². The number of nitrogens with one attached hydrogen (secondary N) is 1. The summed E-state index contributed by atoms with van der Waals surface area (Å²) in [5.41, 5.74) is 15.7. The van der Waals surface area contributed by atoms with Crippen LogP contribution in [0.4, 0.5) is 5.69 Å². The number of hydrogen-bond acceptors (Lipinski definition) is 5. The highest BCUT2D eigenvalue weighted by molar-refractivity contribution is 5.95. The zero-order valence-corrected chi connectivity index (χ0v) is 16.6. The third-order valence-corrected chi connectivity index (χ3v) is 5.46. The van der Waals surface area contributed by atoms with Gasteiger partial charge >= 0.3 is 0 Å². The Morgan fingerprint density at radius 2 is 2.07 bits per heavy atom. The lowest BCUT2D eigenvalue weighted by atomic mass is 9.91. The van der Waals surface area contributed by atoms with Gasteiger partial charge in [0.25, 0.3) is 5.91 Å². The molecule has 6 heteroatoms. The molecule has 1 saturated carbocycles. The van der Waals surface area contributed by atoms with Crippen molar-refractivity contribution in [2.24, 2.45) is 5.73 Å². The van der Waals surface area contributed by atoms with Crippen molar-refractivity contribution in [2.75, 3.05) is 19.3 Å². The van der Waals surface area contributed by atoms with Crippen molar-refractivity contribution in [3.63, 3.8) is 0 Å². The molecule has 1 amide bonds. The Hall–Kier alpha value is -2.44. The molecule has 6 nitrogen and oxygen atoms in total. The van der Waals surface area contributed by atoms with Crippen LogP contribution in [0.15, 0.2) is 42.6 Å². The van der Waals surface area contributed by atoms with Crippen molar-refractivity contribution < 1.29 is 4.79 Å². The number of nitrogen functional groups attached to an aromatic ring is 1. The molecule has 1 heterocycles. The van der Waals surface area contributed by atoms with Crippen LogP contribution in [0.3, 0.4) is 0 Å². The number of amides is 1. The van der Waals surface area contributed by atoms with Gasteiger partial charge in [0.1, 0.15) is 0 Å². The molecule has 150 valence electrons. The van der Waals surface area contributed by atoms with Crippen molar-refractivity contribution in [3.8, 4) is 0 Å². The maximum Gasteiger partial charge on any atom is 0.251 e. The van der Waals surface area contributed by atoms with Gasteiger partial charge in [-0.15, -0.1) is 0 Å². The maximum absolute atomic E-state index is 12.6. The number of pyridine rings is 1. The van der Waals surface area contributed by atoms with Crippen molar-refractivity contribution in [1.82, 2.24) is 15.2 Å². The summed E-state index contributed by atoms with van der Waals surface area (Å²) in [6.45, 7) is 1.62. The van der Waals surface area contributed by atoms with Crippen molar-refractivity contribution >= 4 is 11.6 Å². The molecule has 1 aromatic heterocycles. The van der Waals surface area contributed by atoms with Gasteiger partial charge in [-0.3, -0.25) is 9.78 Å². The predicted molar refractivity (Wildman–Crippen MR) is 113 cm³/mol. The molecule has 1 aliphatic rings. The number of hydrogen-bond donors (Lipinski definition) is 3. The van der Waals surface area contributed by atoms with E-state index in [0.717, 1.165) is 56.5 Å². The maximum atomic E-state index is 12.6. The Labute approximate surface area is 167 Å². The number of rotatable bonds is 7. The van der Waals surface area contributed by atoms with Crippen LogP contribution >= 0.6 is 0 Å². The highest BCUT2D eigenvalue weighted by Gasteiger charge is 2.23. The minimum Gasteiger partial charge on any atom is -0.398 e. The van der Waals surface area contributed by atoms with Crippen LogP contribution in [0.5, 0.6) is 0 Å². The number of nitrogens with two attached hydrogens (primary N) is 2. The van der Waals surface area contributed by atoms with Crippen LogP contribution < -0.4 is 16.8 Å². The number of likely N-dealkylation sites (N-methyl/N-ethyl adjacent to an activating group) is 1. The average molecular weight is 382 g/mol. The van der Waals surface area contributed by atoms with E-state index in [1.807, 2.05) is 36.5 Å². The SMILES string of the molecule is CN(CCc1ccccn1)Cc1ccc(C(=O)NC2CCCCC2N)cc1N. The molecule has 2 aromatic rings. The second-order valence-corrected chi connectivity index (χ2v) is 7.75. The van der Waals surface area contributed by atoms with Gasteiger partial charge in [0.2, 0.25) is 0 Å². The molecule has 0 aliphatic heterocycles. The zero-order chi connectivity index (χ0) is 19.9. The lowest BCUT2D eigenvalue weighted by Crippen LogP contribution is -2.49. The molecule has 2 unspecified atom stereocenters. The molecule has 0 radical (unpaired) electrons. The normalized spacial score (nSPS) is 19.5. The summed E-state index contributed by atoms with van der Waals surface area (Å²) in [6.07, 6.45) is 6.88. The Morgan fingerprint density at radius 1 is 1.25 bits per heavy atom. The molecule has 28 heavy (non-hydrogen) atoms. The van der Waals surface area contributed by atoms with Crippen molar-refractivity contribution in [3.05, 3.63) is 59.4 Å². The minimum atomic E-state index is -0.0934. The quantitative estimate of drug-likeness (QED) is 0.640. The van der Waals surface area contributed by atoms with Gasteiger partial charge in [-0.1, -0.05) is 25.0 Å². The van der Waals surface area contributed by atoms with Gasteiger partial charge in [-0.2, -0.15) is 0 Å². The summed E-state index contributed by atoms with van der Waals surface area (Å²) < 4.78 is 0. The molecule has 0 spiro atoms. The standard InChI is InChI=1S/C22H31N5O/c1-27(13-11-18-6-4-5-12-25-18)15-17-10-9-16(14-20(17)24)22(28)26-21-8-3-2-7-19(21)23/h4-6,9-10,12,14,19,21H,2-3,7-8,11,13,15,23-24H2,1H3,(H,26,28). The molecule has 5 N–H and O–H groups in total. The van der Waals surface area contributed by atoms with Crippen molar-refractivity contribution in [1.29, 1.82) is 0 Å². The van der Waals surface area contributed by atoms with Gasteiger partial charge in [-0.25, -0.2) is 0 Å². The topological polar surface area (TPSA) is 97.3 Å². The van der Waals surface area contributed by atoms with Crippen molar-refractivity contribution in [2.45, 2.75) is 50.7 Å². The fraction of sp³-hybridized carbons (Fsp3) is 0.455. The summed E-state index contributed by atoms with van der Waals surface area (Å²) in [5, 5.41) is 3.07. The highest BCUT2D eigenvalue weighted by Crippen LogP contribution is 2.19. The summed E-state index contributed by atoms with van der Waals surface area (Å²) >= 11 is 0. The number of benzene rings is 1. The van der Waals surface area contributed by atoms with Crippen LogP contribution in [-0.2, 0) is 13.0 Å². The van der Waals surface area contributed by atoms with Gasteiger partial charge in [0.05, 0.1) is 0 Å². The third kappa shape index (κ3) is 5.53. The van der Waals surface area contributed by atoms with Gasteiger partial charge in [0.15, 0.2) is 0 Å². The molecule has 3 rings (SSSR count). The first kappa shape index (κ1) is 20.3. The molecular weight excluding hydrogens is 350 g/mol. The zero-order valence-electron chi connectivity index (χ0n) is 16.6. The third-order valence-electron chi connectivity index (χ3n) is 5.46. The number of carbonyl (C=O) groups excluding carboxylic acids is 1. The molecule has 1 fully saturated rings. The van der Waals surface area contributed by atoms with E-state index >= 15 is 0 Å². The number of carbonyl (C=O) groups is 1. The molecule has 2 atom stereocenters. The van der Waals surface area contributed by atoms with E-state index in [-0.39, 0.29) is 18.0 Å². The average Bonchev–Trinajstić information content (AvgIpc) is 2.70. The van der Waals surface area contributed by atoms with Crippen LogP contribution in [0.25, 0.3) is 0 Å². The Morgan fingerprint density at radius 3 is 2.79 bits per heavy atom. The van der Waals surface area contributed by atoms with E-state index in [9.17, 15) is 4.79 Å². The fourth-order valence-electron chi connectivity index (χ4n) is 3.69. The molecular formula is C22H31N5O. The largest absolute Gasteiger partial charge is 0.398 e. The van der Waals surface area contributed by atoms with Gasteiger partial charge in [-0.05, 0) is 49.7 Å².